The first kappa shape index (κ1) is 10.4. The Morgan fingerprint density at radius 2 is 2.50 bits per heavy atom. The van der Waals surface area contributed by atoms with Gasteiger partial charge in [0.1, 0.15) is 28.8 Å². The van der Waals surface area contributed by atoms with Crippen molar-refractivity contribution in [1.29, 1.82) is 5.26 Å². The summed E-state index contributed by atoms with van der Waals surface area (Å²) in [5.41, 5.74) is 5.93. The molecule has 0 unspecified atom stereocenters. The second-order valence-electron chi connectivity index (χ2n) is 2.99. The van der Waals surface area contributed by atoms with Crippen LogP contribution in [0.3, 0.4) is 0 Å². The largest absolute Gasteiger partial charge is 0.382 e. The lowest BCUT2D eigenvalue weighted by atomic mass is 10.3. The zero-order chi connectivity index (χ0) is 11.4. The van der Waals surface area contributed by atoms with Gasteiger partial charge in [-0.3, -0.25) is 5.10 Å². The number of nitrogen functional groups attached to an aromatic ring is 1. The summed E-state index contributed by atoms with van der Waals surface area (Å²) in [7, 11) is 0. The number of anilines is 2. The Kier molecular flexibility index (Phi) is 2.98. The highest BCUT2D eigenvalue weighted by Crippen LogP contribution is 2.25. The van der Waals surface area contributed by atoms with Crippen molar-refractivity contribution < 1.29 is 0 Å². The maximum Gasteiger partial charge on any atom is 0.157 e. The lowest BCUT2D eigenvalue weighted by Gasteiger charge is -2.00. The van der Waals surface area contributed by atoms with E-state index in [0.29, 0.717) is 23.5 Å². The van der Waals surface area contributed by atoms with Gasteiger partial charge in [0.15, 0.2) is 5.82 Å². The molecule has 0 saturated carbocycles. The van der Waals surface area contributed by atoms with Crippen LogP contribution in [0.2, 0.25) is 0 Å². The first-order valence-corrected chi connectivity index (χ1v) is 5.32. The summed E-state index contributed by atoms with van der Waals surface area (Å²) < 4.78 is 3.90. The average molecular weight is 235 g/mol. The van der Waals surface area contributed by atoms with Gasteiger partial charge in [0.2, 0.25) is 0 Å². The Hall–Kier alpha value is -2.14. The van der Waals surface area contributed by atoms with E-state index in [0.717, 1.165) is 5.82 Å². The van der Waals surface area contributed by atoms with Crippen LogP contribution in [0.25, 0.3) is 0 Å². The first-order valence-electron chi connectivity index (χ1n) is 4.54. The van der Waals surface area contributed by atoms with Crippen LogP contribution in [-0.4, -0.2) is 26.1 Å². The molecular weight excluding hydrogens is 226 g/mol. The second kappa shape index (κ2) is 4.59. The van der Waals surface area contributed by atoms with E-state index in [-0.39, 0.29) is 5.82 Å². The van der Waals surface area contributed by atoms with Crippen LogP contribution in [0, 0.1) is 11.3 Å². The third kappa shape index (κ3) is 2.09. The summed E-state index contributed by atoms with van der Waals surface area (Å²) in [6.07, 6.45) is 2.16. The van der Waals surface area contributed by atoms with Crippen molar-refractivity contribution in [3.8, 4) is 6.07 Å². The minimum atomic E-state index is 0.273. The zero-order valence-electron chi connectivity index (χ0n) is 8.27. The van der Waals surface area contributed by atoms with Crippen LogP contribution in [-0.2, 0) is 6.42 Å². The fourth-order valence-electron chi connectivity index (χ4n) is 1.18. The Bertz CT molecular complexity index is 495. The quantitative estimate of drug-likeness (QED) is 0.705. The van der Waals surface area contributed by atoms with Crippen molar-refractivity contribution in [3.63, 3.8) is 0 Å². The summed E-state index contributed by atoms with van der Waals surface area (Å²) in [4.78, 5) is 3.99. The van der Waals surface area contributed by atoms with Crippen LogP contribution in [0.15, 0.2) is 6.33 Å². The van der Waals surface area contributed by atoms with Gasteiger partial charge in [-0.05, 0) is 11.5 Å². The molecule has 0 atom stereocenters. The zero-order valence-corrected chi connectivity index (χ0v) is 9.08. The first-order chi connectivity index (χ1) is 7.81. The highest BCUT2D eigenvalue weighted by atomic mass is 32.1. The molecule has 2 rings (SSSR count). The maximum absolute atomic E-state index is 8.84. The van der Waals surface area contributed by atoms with E-state index in [1.165, 1.54) is 17.9 Å². The average Bonchev–Trinajstić information content (AvgIpc) is 2.89. The molecule has 8 heteroatoms. The van der Waals surface area contributed by atoms with Gasteiger partial charge in [-0.25, -0.2) is 4.98 Å². The van der Waals surface area contributed by atoms with Gasteiger partial charge in [0.05, 0.1) is 0 Å². The molecule has 2 aromatic rings. The molecular formula is C8H9N7S. The minimum absolute atomic E-state index is 0.273. The number of nitrogens with one attached hydrogen (secondary N) is 2. The Balaban J connectivity index is 1.93. The van der Waals surface area contributed by atoms with Crippen LogP contribution in [0.1, 0.15) is 11.4 Å². The molecule has 0 aliphatic carbocycles. The molecule has 0 bridgehead atoms. The van der Waals surface area contributed by atoms with E-state index >= 15 is 0 Å². The molecule has 7 nitrogen and oxygen atoms in total. The van der Waals surface area contributed by atoms with Gasteiger partial charge in [-0.1, -0.05) is 0 Å². The topological polar surface area (TPSA) is 116 Å². The summed E-state index contributed by atoms with van der Waals surface area (Å²) in [6, 6.07) is 2.01. The van der Waals surface area contributed by atoms with Crippen LogP contribution in [0.5, 0.6) is 0 Å². The normalized spacial score (nSPS) is 9.94. The third-order valence-electron chi connectivity index (χ3n) is 1.94. The molecule has 0 fully saturated rings. The highest BCUT2D eigenvalue weighted by molar-refractivity contribution is 7.10. The number of H-pyrrole nitrogens is 1. The molecule has 2 heterocycles. The van der Waals surface area contributed by atoms with Crippen molar-refractivity contribution in [2.24, 2.45) is 0 Å². The van der Waals surface area contributed by atoms with E-state index in [1.54, 1.807) is 0 Å². The van der Waals surface area contributed by atoms with E-state index in [1.807, 2.05) is 6.07 Å². The van der Waals surface area contributed by atoms with Gasteiger partial charge in [0, 0.05) is 13.0 Å². The number of hydrogen-bond acceptors (Lipinski definition) is 7. The number of nitrogens with zero attached hydrogens (tertiary/aromatic N) is 4. The van der Waals surface area contributed by atoms with E-state index in [4.69, 9.17) is 11.0 Å². The Morgan fingerprint density at radius 1 is 1.62 bits per heavy atom. The van der Waals surface area contributed by atoms with Crippen molar-refractivity contribution in [3.05, 3.63) is 17.7 Å². The van der Waals surface area contributed by atoms with E-state index in [9.17, 15) is 0 Å². The van der Waals surface area contributed by atoms with Gasteiger partial charge < -0.3 is 11.1 Å². The monoisotopic (exact) mass is 235 g/mol. The number of nitriles is 1. The molecule has 0 radical (unpaired) electrons. The summed E-state index contributed by atoms with van der Waals surface area (Å²) >= 11 is 1.18. The smallest absolute Gasteiger partial charge is 0.157 e. The van der Waals surface area contributed by atoms with E-state index in [2.05, 4.69) is 24.9 Å². The minimum Gasteiger partial charge on any atom is -0.382 e. The molecule has 0 spiro atoms. The predicted octanol–water partition coefficient (Wildman–Crippen LogP) is 0.370. The van der Waals surface area contributed by atoms with Gasteiger partial charge in [-0.15, -0.1) is 0 Å². The Morgan fingerprint density at radius 3 is 3.19 bits per heavy atom. The summed E-state index contributed by atoms with van der Waals surface area (Å²) in [5.74, 6) is 1.07. The third-order valence-corrected chi connectivity index (χ3v) is 2.76. The molecule has 2 aromatic heterocycles. The molecule has 4 N–H and O–H groups in total. The lowest BCUT2D eigenvalue weighted by molar-refractivity contribution is 0.903. The maximum atomic E-state index is 8.84. The number of hydrogen-bond donors (Lipinski definition) is 3. The number of aromatic amines is 1. The van der Waals surface area contributed by atoms with Crippen molar-refractivity contribution in [2.45, 2.75) is 6.42 Å². The molecule has 82 valence electrons. The lowest BCUT2D eigenvalue weighted by Crippen LogP contribution is -2.06. The van der Waals surface area contributed by atoms with Gasteiger partial charge >= 0.3 is 0 Å². The molecule has 0 aliphatic heterocycles. The van der Waals surface area contributed by atoms with Gasteiger partial charge in [-0.2, -0.15) is 14.7 Å². The molecule has 16 heavy (non-hydrogen) atoms. The van der Waals surface area contributed by atoms with Crippen molar-refractivity contribution in [2.75, 3.05) is 17.6 Å². The van der Waals surface area contributed by atoms with E-state index < -0.39 is 0 Å². The standard InChI is InChI=1S/C8H9N7S/c9-3-5-7(10)15-16-8(5)11-2-1-6-12-4-13-14-6/h4,11H,1-2H2,(H2,10,15)(H,12,13,14). The fourth-order valence-corrected chi connectivity index (χ4v) is 1.87. The number of aromatic nitrogens is 4. The summed E-state index contributed by atoms with van der Waals surface area (Å²) in [5, 5.41) is 19.1. The molecule has 0 aromatic carbocycles. The molecule has 0 amide bonds. The summed E-state index contributed by atoms with van der Waals surface area (Å²) in [6.45, 7) is 0.644. The molecule has 0 aliphatic rings. The van der Waals surface area contributed by atoms with Crippen LogP contribution >= 0.6 is 11.5 Å². The predicted molar refractivity (Wildman–Crippen MR) is 59.8 cm³/mol. The van der Waals surface area contributed by atoms with Crippen molar-refractivity contribution in [1.82, 2.24) is 19.6 Å². The highest BCUT2D eigenvalue weighted by Gasteiger charge is 2.09. The molecule has 0 saturated heterocycles. The second-order valence-corrected chi connectivity index (χ2v) is 3.77. The van der Waals surface area contributed by atoms with Crippen molar-refractivity contribution >= 4 is 22.4 Å². The van der Waals surface area contributed by atoms with Crippen LogP contribution in [0.4, 0.5) is 10.8 Å². The SMILES string of the molecule is N#Cc1c(N)nsc1NCCc1ncn[nH]1. The number of rotatable bonds is 4. The van der Waals surface area contributed by atoms with Crippen LogP contribution < -0.4 is 11.1 Å². The fraction of sp³-hybridized carbons (Fsp3) is 0.250. The van der Waals surface area contributed by atoms with Gasteiger partial charge in [0.25, 0.3) is 0 Å². The number of nitrogens with two attached hydrogens (primary N) is 1. The Labute approximate surface area is 95.5 Å².